The van der Waals surface area contributed by atoms with Crippen molar-refractivity contribution in [2.75, 3.05) is 0 Å². The smallest absolute Gasteiger partial charge is 0.0424 e. The maximum Gasteiger partial charge on any atom is 0.0424 e. The van der Waals surface area contributed by atoms with Crippen LogP contribution < -0.4 is 0 Å². The molecule has 148 valence electrons. The van der Waals surface area contributed by atoms with E-state index in [1.54, 1.807) is 0 Å². The highest BCUT2D eigenvalue weighted by Crippen LogP contribution is 2.40. The van der Waals surface area contributed by atoms with Gasteiger partial charge in [0.25, 0.3) is 0 Å². The van der Waals surface area contributed by atoms with Crippen LogP contribution in [0.25, 0.3) is 52.5 Å². The molecule has 0 bridgehead atoms. The zero-order valence-corrected chi connectivity index (χ0v) is 19.1. The Morgan fingerprint density at radius 1 is 0.500 bits per heavy atom. The van der Waals surface area contributed by atoms with E-state index in [0.717, 1.165) is 0 Å². The molecular weight excluding hydrogens is 400 g/mol. The van der Waals surface area contributed by atoms with Crippen molar-refractivity contribution in [3.63, 3.8) is 0 Å². The van der Waals surface area contributed by atoms with Crippen molar-refractivity contribution < 1.29 is 0 Å². The zero-order valence-electron chi connectivity index (χ0n) is 17.4. The largest absolute Gasteiger partial charge is 0.140 e. The summed E-state index contributed by atoms with van der Waals surface area (Å²) < 4.78 is 2.88. The fourth-order valence-corrected chi connectivity index (χ4v) is 7.45. The van der Waals surface area contributed by atoms with Gasteiger partial charge in [-0.2, -0.15) is 0 Å². The van der Waals surface area contributed by atoms with Crippen molar-refractivity contribution in [2.45, 2.75) is 39.5 Å². The summed E-state index contributed by atoms with van der Waals surface area (Å²) in [5.41, 5.74) is 0. The second kappa shape index (κ2) is 7.08. The minimum atomic E-state index is 1.18. The Bertz CT molecular complexity index is 1440. The van der Waals surface area contributed by atoms with Gasteiger partial charge in [0.1, 0.15) is 0 Å². The first-order chi connectivity index (χ1) is 14.8. The van der Waals surface area contributed by atoms with Gasteiger partial charge in [0.15, 0.2) is 0 Å². The van der Waals surface area contributed by atoms with Crippen molar-refractivity contribution in [1.29, 1.82) is 0 Å². The van der Waals surface area contributed by atoms with Crippen molar-refractivity contribution in [2.24, 2.45) is 0 Å². The molecule has 4 aromatic carbocycles. The van der Waals surface area contributed by atoms with Crippen LogP contribution in [-0.2, 0) is 12.8 Å². The Hall–Kier alpha value is -2.42. The van der Waals surface area contributed by atoms with E-state index in [4.69, 9.17) is 0 Å². The van der Waals surface area contributed by atoms with Crippen molar-refractivity contribution in [1.82, 2.24) is 0 Å². The van der Waals surface area contributed by atoms with Gasteiger partial charge in [-0.1, -0.05) is 75.2 Å². The van der Waals surface area contributed by atoms with Crippen LogP contribution in [0.5, 0.6) is 0 Å². The number of aryl methyl sites for hydroxylation is 2. The minimum Gasteiger partial charge on any atom is -0.140 e. The van der Waals surface area contributed by atoms with Gasteiger partial charge in [-0.15, -0.1) is 22.7 Å². The van der Waals surface area contributed by atoms with Gasteiger partial charge in [0.05, 0.1) is 0 Å². The average molecular weight is 425 g/mol. The molecule has 0 saturated carbocycles. The molecule has 0 radical (unpaired) electrons. The first-order valence-electron chi connectivity index (χ1n) is 11.0. The van der Waals surface area contributed by atoms with Crippen molar-refractivity contribution in [3.05, 3.63) is 70.4 Å². The van der Waals surface area contributed by atoms with Gasteiger partial charge < -0.3 is 0 Å². The second-order valence-electron chi connectivity index (χ2n) is 8.31. The van der Waals surface area contributed by atoms with Gasteiger partial charge in [-0.05, 0) is 57.3 Å². The highest BCUT2D eigenvalue weighted by atomic mass is 32.1. The van der Waals surface area contributed by atoms with Crippen LogP contribution in [0.15, 0.2) is 60.7 Å². The molecule has 2 heteroatoms. The molecule has 0 spiro atoms. The highest BCUT2D eigenvalue weighted by Gasteiger charge is 2.12. The summed E-state index contributed by atoms with van der Waals surface area (Å²) >= 11 is 3.95. The van der Waals surface area contributed by atoms with Gasteiger partial charge in [-0.3, -0.25) is 0 Å². The molecule has 0 aliphatic heterocycles. The zero-order chi connectivity index (χ0) is 20.2. The summed E-state index contributed by atoms with van der Waals surface area (Å²) in [6.07, 6.45) is 4.76. The Labute approximate surface area is 184 Å². The fraction of sp³-hybridized carbons (Fsp3) is 0.214. The predicted molar refractivity (Wildman–Crippen MR) is 138 cm³/mol. The SMILES string of the molecule is CCCc1cc2ccc3c4ccc5c(ccc6cc(CCC)sc65)c4ccc3c2s1. The van der Waals surface area contributed by atoms with Crippen LogP contribution in [0.2, 0.25) is 0 Å². The number of thiophene rings is 2. The number of rotatable bonds is 4. The van der Waals surface area contributed by atoms with Crippen LogP contribution in [-0.4, -0.2) is 0 Å². The standard InChI is InChI=1S/C28H24S2/c1-3-5-19-15-17-7-9-23-21-12-14-26-24(22(21)11-13-25(23)27(17)29-19)10-8-18-16-20(6-4-2)30-28(18)26/h7-16H,3-6H2,1-2H3. The van der Waals surface area contributed by atoms with E-state index in [1.807, 2.05) is 22.7 Å². The summed E-state index contributed by atoms with van der Waals surface area (Å²) in [6, 6.07) is 23.5. The van der Waals surface area contributed by atoms with E-state index in [9.17, 15) is 0 Å². The number of benzene rings is 4. The lowest BCUT2D eigenvalue weighted by Gasteiger charge is -2.09. The van der Waals surface area contributed by atoms with Crippen LogP contribution in [0.1, 0.15) is 36.4 Å². The molecule has 0 unspecified atom stereocenters. The van der Waals surface area contributed by atoms with Gasteiger partial charge >= 0.3 is 0 Å². The van der Waals surface area contributed by atoms with E-state index in [-0.39, 0.29) is 0 Å². The maximum atomic E-state index is 2.38. The lowest BCUT2D eigenvalue weighted by atomic mass is 9.96. The summed E-state index contributed by atoms with van der Waals surface area (Å²) in [4.78, 5) is 3.00. The second-order valence-corrected chi connectivity index (χ2v) is 10.6. The lowest BCUT2D eigenvalue weighted by Crippen LogP contribution is -1.81. The van der Waals surface area contributed by atoms with E-state index < -0.39 is 0 Å². The van der Waals surface area contributed by atoms with Crippen molar-refractivity contribution in [3.8, 4) is 0 Å². The molecule has 0 amide bonds. The third kappa shape index (κ3) is 2.71. The fourth-order valence-electron chi connectivity index (χ4n) is 4.88. The molecule has 0 saturated heterocycles. The topological polar surface area (TPSA) is 0 Å². The first-order valence-corrected chi connectivity index (χ1v) is 12.6. The molecule has 0 aliphatic rings. The van der Waals surface area contributed by atoms with Gasteiger partial charge in [0.2, 0.25) is 0 Å². The average Bonchev–Trinajstić information content (AvgIpc) is 3.36. The minimum absolute atomic E-state index is 1.18. The molecule has 2 heterocycles. The Balaban J connectivity index is 1.64. The van der Waals surface area contributed by atoms with Gasteiger partial charge in [-0.25, -0.2) is 0 Å². The van der Waals surface area contributed by atoms with E-state index in [2.05, 4.69) is 74.5 Å². The molecule has 0 aliphatic carbocycles. The number of hydrogen-bond donors (Lipinski definition) is 0. The normalized spacial score (nSPS) is 12.2. The quantitative estimate of drug-likeness (QED) is 0.247. The third-order valence-corrected chi connectivity index (χ3v) is 8.74. The molecule has 0 N–H and O–H groups in total. The lowest BCUT2D eigenvalue weighted by molar-refractivity contribution is 0.940. The molecule has 0 fully saturated rings. The van der Waals surface area contributed by atoms with Crippen LogP contribution in [0, 0.1) is 0 Å². The Kier molecular flexibility index (Phi) is 4.33. The first kappa shape index (κ1) is 18.4. The van der Waals surface area contributed by atoms with Gasteiger partial charge in [0, 0.05) is 29.9 Å². The predicted octanol–water partition coefficient (Wildman–Crippen LogP) is 9.48. The van der Waals surface area contributed by atoms with Crippen LogP contribution in [0.4, 0.5) is 0 Å². The van der Waals surface area contributed by atoms with Crippen molar-refractivity contribution >= 4 is 75.2 Å². The summed E-state index contributed by atoms with van der Waals surface area (Å²) in [5, 5.41) is 11.1. The molecule has 0 nitrogen and oxygen atoms in total. The Morgan fingerprint density at radius 3 is 1.30 bits per heavy atom. The van der Waals surface area contributed by atoms with Crippen LogP contribution >= 0.6 is 22.7 Å². The van der Waals surface area contributed by atoms with E-state index in [0.29, 0.717) is 0 Å². The molecule has 2 aromatic heterocycles. The number of hydrogen-bond acceptors (Lipinski definition) is 2. The van der Waals surface area contributed by atoms with E-state index >= 15 is 0 Å². The maximum absolute atomic E-state index is 2.38. The summed E-state index contributed by atoms with van der Waals surface area (Å²) in [7, 11) is 0. The van der Waals surface area contributed by atoms with Crippen LogP contribution in [0.3, 0.4) is 0 Å². The molecular formula is C28H24S2. The highest BCUT2D eigenvalue weighted by molar-refractivity contribution is 7.20. The Morgan fingerprint density at radius 2 is 0.867 bits per heavy atom. The molecule has 6 aromatic rings. The summed E-state index contributed by atoms with van der Waals surface area (Å²) in [5.74, 6) is 0. The van der Waals surface area contributed by atoms with E-state index in [1.165, 1.54) is 87.9 Å². The third-order valence-electron chi connectivity index (χ3n) is 6.25. The number of fused-ring (bicyclic) bond motifs is 9. The molecule has 30 heavy (non-hydrogen) atoms. The monoisotopic (exact) mass is 424 g/mol. The summed E-state index contributed by atoms with van der Waals surface area (Å²) in [6.45, 7) is 4.52. The molecule has 0 atom stereocenters. The molecule has 6 rings (SSSR count).